The SMILES string of the molecule is CN1CC=CN1C(=O)Nc1[nH]nc2sc(C(=O)O)cc12. The highest BCUT2D eigenvalue weighted by Crippen LogP contribution is 2.29. The van der Waals surface area contributed by atoms with Gasteiger partial charge in [-0.15, -0.1) is 11.3 Å². The number of likely N-dealkylation sites (N-methyl/N-ethyl adjacent to an activating group) is 1. The predicted octanol–water partition coefficient (Wildman–Crippen LogP) is 1.53. The summed E-state index contributed by atoms with van der Waals surface area (Å²) in [5.74, 6) is -0.616. The molecule has 104 valence electrons. The van der Waals surface area contributed by atoms with Crippen LogP contribution in [0.5, 0.6) is 0 Å². The molecule has 0 aromatic carbocycles. The molecular formula is C11H11N5O3S. The molecule has 0 atom stereocenters. The third-order valence-electron chi connectivity index (χ3n) is 2.89. The van der Waals surface area contributed by atoms with E-state index in [1.807, 2.05) is 6.08 Å². The van der Waals surface area contributed by atoms with Gasteiger partial charge in [-0.3, -0.25) is 10.4 Å². The number of hydrazine groups is 1. The Hall–Kier alpha value is -2.39. The fourth-order valence-corrected chi connectivity index (χ4v) is 2.73. The van der Waals surface area contributed by atoms with E-state index in [2.05, 4.69) is 15.5 Å². The molecule has 0 unspecified atom stereocenters. The van der Waals surface area contributed by atoms with Gasteiger partial charge in [-0.25, -0.2) is 19.6 Å². The number of aromatic amines is 1. The molecule has 0 saturated carbocycles. The smallest absolute Gasteiger partial charge is 0.345 e. The van der Waals surface area contributed by atoms with Gasteiger partial charge in [0.1, 0.15) is 15.5 Å². The molecule has 9 heteroatoms. The number of anilines is 1. The number of nitrogens with zero attached hydrogens (tertiary/aromatic N) is 3. The lowest BCUT2D eigenvalue weighted by Gasteiger charge is -2.22. The molecule has 0 saturated heterocycles. The van der Waals surface area contributed by atoms with E-state index in [-0.39, 0.29) is 10.9 Å². The molecule has 3 heterocycles. The predicted molar refractivity (Wildman–Crippen MR) is 73.6 cm³/mol. The molecule has 3 N–H and O–H groups in total. The molecule has 2 aromatic heterocycles. The molecule has 0 radical (unpaired) electrons. The summed E-state index contributed by atoms with van der Waals surface area (Å²) in [7, 11) is 1.79. The van der Waals surface area contributed by atoms with Crippen molar-refractivity contribution in [2.75, 3.05) is 18.9 Å². The zero-order valence-corrected chi connectivity index (χ0v) is 11.3. The first kappa shape index (κ1) is 12.6. The minimum atomic E-state index is -1.01. The van der Waals surface area contributed by atoms with Crippen LogP contribution in [0.3, 0.4) is 0 Å². The minimum Gasteiger partial charge on any atom is -0.477 e. The Kier molecular flexibility index (Phi) is 2.92. The van der Waals surface area contributed by atoms with Gasteiger partial charge in [0.25, 0.3) is 0 Å². The number of hydrogen-bond donors (Lipinski definition) is 3. The third-order valence-corrected chi connectivity index (χ3v) is 3.90. The number of amides is 2. The van der Waals surface area contributed by atoms with Gasteiger partial charge in [0, 0.05) is 19.8 Å². The molecule has 2 aromatic rings. The first-order valence-corrected chi connectivity index (χ1v) is 6.57. The van der Waals surface area contributed by atoms with Crippen molar-refractivity contribution in [3.8, 4) is 0 Å². The van der Waals surface area contributed by atoms with Crippen LogP contribution in [0.2, 0.25) is 0 Å². The van der Waals surface area contributed by atoms with Gasteiger partial charge >= 0.3 is 12.0 Å². The van der Waals surface area contributed by atoms with E-state index in [1.54, 1.807) is 18.3 Å². The van der Waals surface area contributed by atoms with Crippen LogP contribution < -0.4 is 5.32 Å². The van der Waals surface area contributed by atoms with Crippen LogP contribution in [0.25, 0.3) is 10.2 Å². The van der Waals surface area contributed by atoms with Crippen molar-refractivity contribution in [2.24, 2.45) is 0 Å². The second kappa shape index (κ2) is 4.62. The number of carboxylic acids is 1. The van der Waals surface area contributed by atoms with Crippen LogP contribution >= 0.6 is 11.3 Å². The molecule has 0 fully saturated rings. The Balaban J connectivity index is 1.85. The van der Waals surface area contributed by atoms with Gasteiger partial charge in [0.2, 0.25) is 0 Å². The quantitative estimate of drug-likeness (QED) is 0.779. The van der Waals surface area contributed by atoms with Crippen molar-refractivity contribution in [1.29, 1.82) is 0 Å². The highest BCUT2D eigenvalue weighted by molar-refractivity contribution is 7.20. The average molecular weight is 293 g/mol. The summed E-state index contributed by atoms with van der Waals surface area (Å²) in [4.78, 5) is 23.7. The number of thiophene rings is 1. The van der Waals surface area contributed by atoms with Crippen molar-refractivity contribution in [1.82, 2.24) is 20.2 Å². The maximum Gasteiger partial charge on any atom is 0.345 e. The molecule has 1 aliphatic rings. The first-order valence-electron chi connectivity index (χ1n) is 5.75. The molecule has 2 amide bonds. The number of H-pyrrole nitrogens is 1. The number of fused-ring (bicyclic) bond motifs is 1. The summed E-state index contributed by atoms with van der Waals surface area (Å²) < 4.78 is 0. The summed E-state index contributed by atoms with van der Waals surface area (Å²) >= 11 is 1.05. The molecule has 3 rings (SSSR count). The Labute approximate surface area is 117 Å². The van der Waals surface area contributed by atoms with Gasteiger partial charge in [0.15, 0.2) is 0 Å². The second-order valence-corrected chi connectivity index (χ2v) is 5.26. The number of aromatic carboxylic acids is 1. The lowest BCUT2D eigenvalue weighted by molar-refractivity contribution is 0.0702. The zero-order valence-electron chi connectivity index (χ0n) is 10.5. The van der Waals surface area contributed by atoms with Crippen molar-refractivity contribution in [3.05, 3.63) is 23.2 Å². The number of carbonyl (C=O) groups excluding carboxylic acids is 1. The Bertz CT molecular complexity index is 719. The van der Waals surface area contributed by atoms with E-state index >= 15 is 0 Å². The number of urea groups is 1. The molecule has 1 aliphatic heterocycles. The third kappa shape index (κ3) is 2.02. The number of rotatable bonds is 2. The van der Waals surface area contributed by atoms with Gasteiger partial charge in [0.05, 0.1) is 5.39 Å². The monoisotopic (exact) mass is 293 g/mol. The van der Waals surface area contributed by atoms with Crippen LogP contribution in [-0.4, -0.2) is 50.9 Å². The maximum absolute atomic E-state index is 12.1. The van der Waals surface area contributed by atoms with Crippen LogP contribution in [-0.2, 0) is 0 Å². The van der Waals surface area contributed by atoms with E-state index in [0.717, 1.165) is 11.3 Å². The molecule has 0 spiro atoms. The summed E-state index contributed by atoms with van der Waals surface area (Å²) in [5, 5.41) is 22.1. The topological polar surface area (TPSA) is 102 Å². The highest BCUT2D eigenvalue weighted by atomic mass is 32.1. The number of carboxylic acid groups (broad SMARTS) is 1. The summed E-state index contributed by atoms with van der Waals surface area (Å²) in [6.07, 6.45) is 3.52. The van der Waals surface area contributed by atoms with Crippen molar-refractivity contribution >= 4 is 39.4 Å². The van der Waals surface area contributed by atoms with Gasteiger partial charge in [-0.1, -0.05) is 6.08 Å². The van der Waals surface area contributed by atoms with Crippen molar-refractivity contribution in [3.63, 3.8) is 0 Å². The van der Waals surface area contributed by atoms with E-state index in [0.29, 0.717) is 22.6 Å². The van der Waals surface area contributed by atoms with E-state index in [4.69, 9.17) is 5.11 Å². The molecule has 8 nitrogen and oxygen atoms in total. The lowest BCUT2D eigenvalue weighted by Crippen LogP contribution is -2.39. The summed E-state index contributed by atoms with van der Waals surface area (Å²) in [6, 6.07) is 1.15. The molecule has 20 heavy (non-hydrogen) atoms. The Morgan fingerprint density at radius 2 is 2.35 bits per heavy atom. The minimum absolute atomic E-state index is 0.185. The number of carbonyl (C=O) groups is 2. The van der Waals surface area contributed by atoms with Gasteiger partial charge in [-0.05, 0) is 6.07 Å². The fraction of sp³-hybridized carbons (Fsp3) is 0.182. The first-order chi connectivity index (χ1) is 9.56. The molecule has 0 bridgehead atoms. The van der Waals surface area contributed by atoms with Crippen LogP contribution in [0.1, 0.15) is 9.67 Å². The highest BCUT2D eigenvalue weighted by Gasteiger charge is 2.21. The number of aromatic nitrogens is 2. The Morgan fingerprint density at radius 3 is 3.00 bits per heavy atom. The van der Waals surface area contributed by atoms with Crippen molar-refractivity contribution < 1.29 is 14.7 Å². The maximum atomic E-state index is 12.1. The average Bonchev–Trinajstić information content (AvgIpc) is 3.05. The van der Waals surface area contributed by atoms with E-state index in [1.165, 1.54) is 11.1 Å². The van der Waals surface area contributed by atoms with Crippen LogP contribution in [0, 0.1) is 0 Å². The van der Waals surface area contributed by atoms with Crippen LogP contribution in [0.4, 0.5) is 10.6 Å². The van der Waals surface area contributed by atoms with Gasteiger partial charge in [-0.2, -0.15) is 5.10 Å². The summed E-state index contributed by atoms with van der Waals surface area (Å²) in [5.41, 5.74) is 0. The standard InChI is InChI=1S/C11H11N5O3S/c1-15-3-2-4-16(15)11(19)12-8-6-5-7(10(17)18)20-9(6)14-13-8/h2,4-5H,3H2,1H3,(H,17,18)(H2,12,13,14,19). The fourth-order valence-electron chi connectivity index (χ4n) is 1.90. The second-order valence-electron chi connectivity index (χ2n) is 4.23. The van der Waals surface area contributed by atoms with Crippen molar-refractivity contribution in [2.45, 2.75) is 0 Å². The van der Waals surface area contributed by atoms with Crippen LogP contribution in [0.15, 0.2) is 18.3 Å². The van der Waals surface area contributed by atoms with Gasteiger partial charge < -0.3 is 5.11 Å². The zero-order chi connectivity index (χ0) is 14.3. The summed E-state index contributed by atoms with van der Waals surface area (Å²) in [6.45, 7) is 0.660. The van der Waals surface area contributed by atoms with E-state index < -0.39 is 5.97 Å². The number of nitrogens with one attached hydrogen (secondary N) is 2. The largest absolute Gasteiger partial charge is 0.477 e. The normalized spacial score (nSPS) is 15.2. The molecular weight excluding hydrogens is 282 g/mol. The number of hydrogen-bond acceptors (Lipinski definition) is 5. The molecule has 0 aliphatic carbocycles. The Morgan fingerprint density at radius 1 is 1.55 bits per heavy atom. The van der Waals surface area contributed by atoms with E-state index in [9.17, 15) is 9.59 Å². The lowest BCUT2D eigenvalue weighted by atomic mass is 10.3.